The number of ketones is 1. The molecule has 0 aliphatic carbocycles. The van der Waals surface area contributed by atoms with E-state index in [0.29, 0.717) is 34.2 Å². The number of Topliss-reactive ketones (excluding diaryl/α,β-unsaturated/α-hetero) is 1. The molecule has 0 saturated carbocycles. The monoisotopic (exact) mass is 479 g/mol. The number of amides is 1. The predicted octanol–water partition coefficient (Wildman–Crippen LogP) is 4.34. The number of thiazole rings is 1. The van der Waals surface area contributed by atoms with Gasteiger partial charge in [0, 0.05) is 18.9 Å². The average Bonchev–Trinajstić information content (AvgIpc) is 3.30. The van der Waals surface area contributed by atoms with Gasteiger partial charge in [0.25, 0.3) is 5.91 Å². The van der Waals surface area contributed by atoms with E-state index in [4.69, 9.17) is 9.47 Å². The Labute approximate surface area is 201 Å². The van der Waals surface area contributed by atoms with Crippen LogP contribution >= 0.6 is 11.3 Å². The van der Waals surface area contributed by atoms with Gasteiger partial charge in [0.1, 0.15) is 0 Å². The summed E-state index contributed by atoms with van der Waals surface area (Å²) in [5.74, 6) is -0.579. The molecule has 3 aromatic rings. The molecular weight excluding hydrogens is 454 g/mol. The van der Waals surface area contributed by atoms with Crippen molar-refractivity contribution in [3.8, 4) is 11.5 Å². The van der Waals surface area contributed by atoms with Gasteiger partial charge in [0.2, 0.25) is 5.78 Å². The topological polar surface area (TPSA) is 102 Å². The van der Waals surface area contributed by atoms with E-state index in [-0.39, 0.29) is 12.1 Å². The number of aliphatic hydroxyl groups excluding tert-OH is 1. The van der Waals surface area contributed by atoms with Gasteiger partial charge in [-0.1, -0.05) is 12.1 Å². The molecule has 9 heteroatoms. The van der Waals surface area contributed by atoms with Crippen molar-refractivity contribution in [1.29, 1.82) is 0 Å². The third-order valence-corrected chi connectivity index (χ3v) is 6.61. The first kappa shape index (κ1) is 23.4. The van der Waals surface area contributed by atoms with Crippen LogP contribution in [0.3, 0.4) is 0 Å². The van der Waals surface area contributed by atoms with E-state index >= 15 is 0 Å². The fourth-order valence-electron chi connectivity index (χ4n) is 4.08. The number of benzene rings is 1. The number of nitrogens with zero attached hydrogens (tertiary/aromatic N) is 3. The number of rotatable bonds is 8. The van der Waals surface area contributed by atoms with Crippen LogP contribution in [0, 0.1) is 13.8 Å². The summed E-state index contributed by atoms with van der Waals surface area (Å²) in [6.45, 7) is 6.04. The zero-order chi connectivity index (χ0) is 24.4. The van der Waals surface area contributed by atoms with Crippen molar-refractivity contribution in [2.75, 3.05) is 13.7 Å². The first-order valence-corrected chi connectivity index (χ1v) is 11.6. The highest BCUT2D eigenvalue weighted by atomic mass is 32.1. The Hall–Kier alpha value is -3.72. The van der Waals surface area contributed by atoms with Crippen molar-refractivity contribution in [2.24, 2.45) is 0 Å². The summed E-state index contributed by atoms with van der Waals surface area (Å²) in [6, 6.07) is 8.03. The summed E-state index contributed by atoms with van der Waals surface area (Å²) >= 11 is 1.24. The fourth-order valence-corrected chi connectivity index (χ4v) is 4.95. The van der Waals surface area contributed by atoms with Gasteiger partial charge in [-0.05, 0) is 50.1 Å². The van der Waals surface area contributed by atoms with Crippen LogP contribution < -0.4 is 9.47 Å². The van der Waals surface area contributed by atoms with Crippen molar-refractivity contribution in [2.45, 2.75) is 33.4 Å². The number of aryl methyl sites for hydroxylation is 2. The van der Waals surface area contributed by atoms with E-state index in [1.54, 1.807) is 43.6 Å². The minimum atomic E-state index is -0.827. The molecular formula is C25H25N3O5S. The van der Waals surface area contributed by atoms with Gasteiger partial charge in [0.05, 0.1) is 40.9 Å². The average molecular weight is 480 g/mol. The minimum Gasteiger partial charge on any atom is -0.503 e. The molecule has 1 unspecified atom stereocenters. The van der Waals surface area contributed by atoms with Gasteiger partial charge >= 0.3 is 0 Å². The molecule has 0 saturated heterocycles. The molecule has 1 atom stereocenters. The Morgan fingerprint density at radius 1 is 1.24 bits per heavy atom. The SMILES string of the molecule is CCOc1ccc(C2C(C(=O)c3sc(C)nc3C)=C(O)C(=O)N2Cc2cccnc2)cc1OC. The van der Waals surface area contributed by atoms with Crippen LogP contribution in [0.2, 0.25) is 0 Å². The summed E-state index contributed by atoms with van der Waals surface area (Å²) in [6.07, 6.45) is 3.29. The zero-order valence-electron chi connectivity index (χ0n) is 19.4. The molecule has 0 radical (unpaired) electrons. The maximum Gasteiger partial charge on any atom is 0.290 e. The third-order valence-electron chi connectivity index (χ3n) is 5.54. The Bertz CT molecular complexity index is 1270. The number of aliphatic hydroxyl groups is 1. The zero-order valence-corrected chi connectivity index (χ0v) is 20.2. The lowest BCUT2D eigenvalue weighted by Crippen LogP contribution is -2.30. The first-order valence-electron chi connectivity index (χ1n) is 10.8. The lowest BCUT2D eigenvalue weighted by atomic mass is 9.94. The normalized spacial score (nSPS) is 15.7. The number of carbonyl (C=O) groups is 2. The molecule has 1 amide bonds. The summed E-state index contributed by atoms with van der Waals surface area (Å²) in [5.41, 5.74) is 1.97. The first-order chi connectivity index (χ1) is 16.3. The van der Waals surface area contributed by atoms with Gasteiger partial charge in [-0.25, -0.2) is 4.98 Å². The Morgan fingerprint density at radius 3 is 2.65 bits per heavy atom. The summed E-state index contributed by atoms with van der Waals surface area (Å²) in [7, 11) is 1.53. The molecule has 0 spiro atoms. The summed E-state index contributed by atoms with van der Waals surface area (Å²) in [4.78, 5) is 37.2. The molecule has 1 aliphatic heterocycles. The highest BCUT2D eigenvalue weighted by Crippen LogP contribution is 2.43. The number of pyridine rings is 1. The van der Waals surface area contributed by atoms with Crippen LogP contribution in [-0.4, -0.2) is 45.4 Å². The van der Waals surface area contributed by atoms with E-state index in [1.165, 1.54) is 23.3 Å². The van der Waals surface area contributed by atoms with Crippen molar-refractivity contribution < 1.29 is 24.2 Å². The van der Waals surface area contributed by atoms with Crippen LogP contribution in [0.4, 0.5) is 0 Å². The number of ether oxygens (including phenoxy) is 2. The van der Waals surface area contributed by atoms with Crippen LogP contribution in [0.5, 0.6) is 11.5 Å². The number of hydrogen-bond donors (Lipinski definition) is 1. The molecule has 1 aliphatic rings. The molecule has 3 heterocycles. The number of hydrogen-bond acceptors (Lipinski definition) is 8. The van der Waals surface area contributed by atoms with E-state index in [9.17, 15) is 14.7 Å². The lowest BCUT2D eigenvalue weighted by molar-refractivity contribution is -0.130. The van der Waals surface area contributed by atoms with Gasteiger partial charge in [0.15, 0.2) is 17.3 Å². The molecule has 176 valence electrons. The fraction of sp³-hybridized carbons (Fsp3) is 0.280. The minimum absolute atomic E-state index is 0.0202. The molecule has 2 aromatic heterocycles. The second kappa shape index (κ2) is 9.64. The molecule has 0 fully saturated rings. The Balaban J connectivity index is 1.84. The third kappa shape index (κ3) is 4.26. The number of carbonyl (C=O) groups excluding carboxylic acids is 2. The van der Waals surface area contributed by atoms with E-state index < -0.39 is 23.5 Å². The van der Waals surface area contributed by atoms with E-state index in [2.05, 4.69) is 9.97 Å². The van der Waals surface area contributed by atoms with Gasteiger partial charge in [-0.15, -0.1) is 11.3 Å². The maximum atomic E-state index is 13.6. The van der Waals surface area contributed by atoms with Gasteiger partial charge in [-0.3, -0.25) is 14.6 Å². The van der Waals surface area contributed by atoms with Crippen LogP contribution in [0.1, 0.15) is 44.5 Å². The van der Waals surface area contributed by atoms with E-state index in [1.807, 2.05) is 19.9 Å². The highest BCUT2D eigenvalue weighted by Gasteiger charge is 2.44. The second-order valence-corrected chi connectivity index (χ2v) is 8.98. The molecule has 4 rings (SSSR count). The summed E-state index contributed by atoms with van der Waals surface area (Å²) in [5, 5.41) is 11.6. The smallest absolute Gasteiger partial charge is 0.290 e. The Morgan fingerprint density at radius 2 is 2.03 bits per heavy atom. The van der Waals surface area contributed by atoms with Gasteiger partial charge < -0.3 is 19.5 Å². The van der Waals surface area contributed by atoms with Crippen molar-refractivity contribution >= 4 is 23.0 Å². The van der Waals surface area contributed by atoms with Crippen LogP contribution in [-0.2, 0) is 11.3 Å². The van der Waals surface area contributed by atoms with Crippen molar-refractivity contribution in [3.05, 3.63) is 80.8 Å². The molecule has 1 N–H and O–H groups in total. The van der Waals surface area contributed by atoms with Gasteiger partial charge in [-0.2, -0.15) is 0 Å². The van der Waals surface area contributed by atoms with Crippen LogP contribution in [0.15, 0.2) is 54.1 Å². The highest BCUT2D eigenvalue weighted by molar-refractivity contribution is 7.14. The largest absolute Gasteiger partial charge is 0.503 e. The second-order valence-electron chi connectivity index (χ2n) is 7.78. The van der Waals surface area contributed by atoms with Crippen LogP contribution in [0.25, 0.3) is 0 Å². The van der Waals surface area contributed by atoms with Crippen molar-refractivity contribution in [3.63, 3.8) is 0 Å². The molecule has 0 bridgehead atoms. The number of methoxy groups -OCH3 is 1. The summed E-state index contributed by atoms with van der Waals surface area (Å²) < 4.78 is 11.1. The quantitative estimate of drug-likeness (QED) is 0.480. The predicted molar refractivity (Wildman–Crippen MR) is 127 cm³/mol. The Kier molecular flexibility index (Phi) is 6.65. The standard InChI is InChI=1S/C25H25N3O5S/c1-5-33-18-9-8-17(11-19(18)32-4)21-20(22(29)24-14(2)27-15(3)34-24)23(30)25(31)28(21)13-16-7-6-10-26-12-16/h6-12,21,30H,5,13H2,1-4H3. The van der Waals surface area contributed by atoms with E-state index in [0.717, 1.165) is 10.6 Å². The maximum absolute atomic E-state index is 13.6. The molecule has 1 aromatic carbocycles. The lowest BCUT2D eigenvalue weighted by Gasteiger charge is -2.27. The molecule has 34 heavy (non-hydrogen) atoms. The molecule has 8 nitrogen and oxygen atoms in total. The number of aromatic nitrogens is 2. The van der Waals surface area contributed by atoms with Crippen molar-refractivity contribution in [1.82, 2.24) is 14.9 Å².